The van der Waals surface area contributed by atoms with Crippen LogP contribution >= 0.6 is 0 Å². The molecule has 2 heteroatoms. The molecule has 2 aliphatic rings. The smallest absolute Gasteiger partial charge is 0.0583 e. The van der Waals surface area contributed by atoms with Crippen LogP contribution in [0.5, 0.6) is 0 Å². The number of hydrogen-bond acceptors (Lipinski definition) is 2. The van der Waals surface area contributed by atoms with Crippen LogP contribution in [0.4, 0.5) is 0 Å². The van der Waals surface area contributed by atoms with Crippen LogP contribution in [-0.4, -0.2) is 23.8 Å². The zero-order valence-corrected chi connectivity index (χ0v) is 10.6. The van der Waals surface area contributed by atoms with Gasteiger partial charge in [-0.2, -0.15) is 0 Å². The molecule has 2 fully saturated rings. The Morgan fingerprint density at radius 3 is 2.75 bits per heavy atom. The van der Waals surface area contributed by atoms with Crippen LogP contribution in [0.25, 0.3) is 0 Å². The molecule has 4 unspecified atom stereocenters. The molecule has 0 radical (unpaired) electrons. The van der Waals surface area contributed by atoms with Crippen LogP contribution in [0, 0.1) is 11.8 Å². The highest BCUT2D eigenvalue weighted by Gasteiger charge is 2.32. The Hall–Kier alpha value is -0.0800. The molecule has 1 aliphatic heterocycles. The van der Waals surface area contributed by atoms with Gasteiger partial charge in [0.15, 0.2) is 0 Å². The van der Waals surface area contributed by atoms with Crippen LogP contribution in [0.15, 0.2) is 0 Å². The summed E-state index contributed by atoms with van der Waals surface area (Å²) in [5, 5.41) is 13.9. The third kappa shape index (κ3) is 2.98. The maximum atomic E-state index is 10.2. The van der Waals surface area contributed by atoms with Gasteiger partial charge in [0.1, 0.15) is 0 Å². The highest BCUT2D eigenvalue weighted by Crippen LogP contribution is 2.31. The van der Waals surface area contributed by atoms with Crippen molar-refractivity contribution in [2.45, 2.75) is 70.4 Å². The summed E-state index contributed by atoms with van der Waals surface area (Å²) < 4.78 is 0. The average Bonchev–Trinajstić information content (AvgIpc) is 2.54. The first-order valence-corrected chi connectivity index (χ1v) is 7.22. The molecule has 16 heavy (non-hydrogen) atoms. The van der Waals surface area contributed by atoms with Crippen molar-refractivity contribution in [1.29, 1.82) is 0 Å². The van der Waals surface area contributed by atoms with E-state index in [1.165, 1.54) is 44.9 Å². The topological polar surface area (TPSA) is 32.3 Å². The van der Waals surface area contributed by atoms with E-state index in [1.54, 1.807) is 0 Å². The molecule has 1 heterocycles. The highest BCUT2D eigenvalue weighted by atomic mass is 16.3. The molecule has 1 aliphatic carbocycles. The summed E-state index contributed by atoms with van der Waals surface area (Å²) in [7, 11) is 0. The van der Waals surface area contributed by atoms with Crippen molar-refractivity contribution in [1.82, 2.24) is 5.32 Å². The summed E-state index contributed by atoms with van der Waals surface area (Å²) in [6, 6.07) is 0.590. The molecule has 0 aromatic rings. The van der Waals surface area contributed by atoms with Gasteiger partial charge in [-0.25, -0.2) is 0 Å². The predicted molar refractivity (Wildman–Crippen MR) is 67.4 cm³/mol. The van der Waals surface area contributed by atoms with Gasteiger partial charge >= 0.3 is 0 Å². The van der Waals surface area contributed by atoms with Gasteiger partial charge in [-0.15, -0.1) is 0 Å². The maximum Gasteiger partial charge on any atom is 0.0583 e. The zero-order chi connectivity index (χ0) is 11.4. The van der Waals surface area contributed by atoms with Crippen molar-refractivity contribution >= 4 is 0 Å². The molecular weight excluding hydrogens is 198 g/mol. The number of piperidine rings is 1. The zero-order valence-electron chi connectivity index (χ0n) is 10.6. The Kier molecular flexibility index (Phi) is 4.66. The second kappa shape index (κ2) is 6.02. The summed E-state index contributed by atoms with van der Waals surface area (Å²) in [5.74, 6) is 1.42. The number of rotatable bonds is 2. The number of aliphatic hydroxyl groups is 1. The van der Waals surface area contributed by atoms with Gasteiger partial charge in [-0.1, -0.05) is 32.6 Å². The van der Waals surface area contributed by atoms with E-state index in [9.17, 15) is 5.11 Å². The van der Waals surface area contributed by atoms with Crippen LogP contribution in [0.1, 0.15) is 58.3 Å². The minimum absolute atomic E-state index is 0.0457. The molecule has 0 aromatic heterocycles. The quantitative estimate of drug-likeness (QED) is 0.708. The van der Waals surface area contributed by atoms with E-state index in [0.29, 0.717) is 12.0 Å². The Morgan fingerprint density at radius 1 is 1.12 bits per heavy atom. The fourth-order valence-electron chi connectivity index (χ4n) is 3.52. The van der Waals surface area contributed by atoms with Gasteiger partial charge in [-0.3, -0.25) is 0 Å². The predicted octanol–water partition coefficient (Wildman–Crippen LogP) is 2.71. The Morgan fingerprint density at radius 2 is 1.94 bits per heavy atom. The maximum absolute atomic E-state index is 10.2. The normalized spacial score (nSPS) is 41.6. The molecular formula is C14H27NO. The molecule has 2 rings (SSSR count). The minimum Gasteiger partial charge on any atom is -0.393 e. The fraction of sp³-hybridized carbons (Fsp3) is 1.00. The lowest BCUT2D eigenvalue weighted by Crippen LogP contribution is -2.46. The summed E-state index contributed by atoms with van der Waals surface area (Å²) in [6.07, 6.45) is 10.00. The Labute approximate surface area is 99.8 Å². The third-order valence-corrected chi connectivity index (χ3v) is 4.67. The molecule has 2 nitrogen and oxygen atoms in total. The lowest BCUT2D eigenvalue weighted by molar-refractivity contribution is 0.0630. The van der Waals surface area contributed by atoms with E-state index in [2.05, 4.69) is 12.2 Å². The van der Waals surface area contributed by atoms with E-state index < -0.39 is 0 Å². The number of aliphatic hydroxyl groups excluding tert-OH is 1. The first-order valence-electron chi connectivity index (χ1n) is 7.22. The van der Waals surface area contributed by atoms with Crippen molar-refractivity contribution in [2.75, 3.05) is 6.54 Å². The first-order chi connectivity index (χ1) is 7.81. The second-order valence-corrected chi connectivity index (χ2v) is 5.73. The number of hydrogen-bond donors (Lipinski definition) is 2. The average molecular weight is 225 g/mol. The lowest BCUT2D eigenvalue weighted by Gasteiger charge is -2.37. The highest BCUT2D eigenvalue weighted by molar-refractivity contribution is 4.88. The number of nitrogens with one attached hydrogen (secondary N) is 1. The van der Waals surface area contributed by atoms with Crippen LogP contribution < -0.4 is 5.32 Å². The Balaban J connectivity index is 1.93. The van der Waals surface area contributed by atoms with E-state index in [0.717, 1.165) is 18.9 Å². The van der Waals surface area contributed by atoms with E-state index in [1.807, 2.05) is 0 Å². The standard InChI is InChI=1S/C14H27NO/c1-2-11-8-9-15-13(10-11)12-6-4-3-5-7-14(12)16/h11-16H,2-10H2,1H3. The van der Waals surface area contributed by atoms with E-state index in [4.69, 9.17) is 0 Å². The molecule has 0 bridgehead atoms. The van der Waals surface area contributed by atoms with Crippen molar-refractivity contribution in [3.63, 3.8) is 0 Å². The van der Waals surface area contributed by atoms with Gasteiger partial charge in [0.25, 0.3) is 0 Å². The van der Waals surface area contributed by atoms with Crippen LogP contribution in [0.2, 0.25) is 0 Å². The molecule has 0 spiro atoms. The molecule has 2 N–H and O–H groups in total. The summed E-state index contributed by atoms with van der Waals surface area (Å²) in [6.45, 7) is 3.46. The summed E-state index contributed by atoms with van der Waals surface area (Å²) in [5.41, 5.74) is 0. The monoisotopic (exact) mass is 225 g/mol. The molecule has 94 valence electrons. The van der Waals surface area contributed by atoms with E-state index in [-0.39, 0.29) is 6.10 Å². The van der Waals surface area contributed by atoms with Crippen molar-refractivity contribution in [3.05, 3.63) is 0 Å². The molecule has 0 amide bonds. The fourth-order valence-corrected chi connectivity index (χ4v) is 3.52. The van der Waals surface area contributed by atoms with Crippen molar-refractivity contribution < 1.29 is 5.11 Å². The van der Waals surface area contributed by atoms with Gasteiger partial charge < -0.3 is 10.4 Å². The first kappa shape index (κ1) is 12.4. The Bertz CT molecular complexity index is 207. The summed E-state index contributed by atoms with van der Waals surface area (Å²) in [4.78, 5) is 0. The SMILES string of the molecule is CCC1CCNC(C2CCCCCC2O)C1. The largest absolute Gasteiger partial charge is 0.393 e. The molecule has 4 atom stereocenters. The second-order valence-electron chi connectivity index (χ2n) is 5.73. The summed E-state index contributed by atoms with van der Waals surface area (Å²) >= 11 is 0. The van der Waals surface area contributed by atoms with Gasteiger partial charge in [0.05, 0.1) is 6.10 Å². The van der Waals surface area contributed by atoms with Crippen molar-refractivity contribution in [2.24, 2.45) is 11.8 Å². The van der Waals surface area contributed by atoms with Crippen LogP contribution in [0.3, 0.4) is 0 Å². The lowest BCUT2D eigenvalue weighted by atomic mass is 9.80. The van der Waals surface area contributed by atoms with E-state index >= 15 is 0 Å². The minimum atomic E-state index is -0.0457. The molecule has 0 aromatic carbocycles. The van der Waals surface area contributed by atoms with Gasteiger partial charge in [0, 0.05) is 12.0 Å². The molecule has 1 saturated heterocycles. The molecule has 1 saturated carbocycles. The third-order valence-electron chi connectivity index (χ3n) is 4.67. The van der Waals surface area contributed by atoms with Gasteiger partial charge in [0.2, 0.25) is 0 Å². The van der Waals surface area contributed by atoms with Crippen molar-refractivity contribution in [3.8, 4) is 0 Å². The van der Waals surface area contributed by atoms with Gasteiger partial charge in [-0.05, 0) is 38.1 Å². The van der Waals surface area contributed by atoms with Crippen LogP contribution in [-0.2, 0) is 0 Å².